The van der Waals surface area contributed by atoms with E-state index in [-0.39, 0.29) is 13.2 Å². The zero-order chi connectivity index (χ0) is 14.4. The van der Waals surface area contributed by atoms with E-state index in [0.717, 1.165) is 5.56 Å². The van der Waals surface area contributed by atoms with E-state index in [1.807, 2.05) is 30.3 Å². The second-order valence-electron chi connectivity index (χ2n) is 4.76. The quantitative estimate of drug-likeness (QED) is 0.800. The fraction of sp³-hybridized carbons (Fsp3) is 0.400. The maximum atomic E-state index is 12.0. The van der Waals surface area contributed by atoms with Crippen LogP contribution < -0.4 is 0 Å². The van der Waals surface area contributed by atoms with Gasteiger partial charge in [0.15, 0.2) is 0 Å². The summed E-state index contributed by atoms with van der Waals surface area (Å²) >= 11 is 0. The molecule has 1 aromatic rings. The molecule has 0 unspecified atom stereocenters. The monoisotopic (exact) mass is 277 g/mol. The molecule has 1 heterocycles. The molecule has 5 nitrogen and oxygen atoms in total. The standard InChI is InChI=1S/C15H19NO4/c17-13-8-4-5-9-16(10-14(13)18)15(19)20-11-12-6-2-1-3-7-12/h1-4,6-8,13-14,17-18H,5,9-11H2/b8-4-/t13-,14+/m0/s1. The molecule has 108 valence electrons. The van der Waals surface area contributed by atoms with Gasteiger partial charge in [0.1, 0.15) is 12.7 Å². The number of benzene rings is 1. The highest BCUT2D eigenvalue weighted by molar-refractivity contribution is 5.67. The molecule has 2 atom stereocenters. The average molecular weight is 277 g/mol. The van der Waals surface area contributed by atoms with Crippen LogP contribution in [0.25, 0.3) is 0 Å². The van der Waals surface area contributed by atoms with Crippen molar-refractivity contribution in [2.24, 2.45) is 0 Å². The lowest BCUT2D eigenvalue weighted by atomic mass is 10.1. The summed E-state index contributed by atoms with van der Waals surface area (Å²) < 4.78 is 5.22. The molecule has 1 aliphatic heterocycles. The zero-order valence-electron chi connectivity index (χ0n) is 11.2. The van der Waals surface area contributed by atoms with Gasteiger partial charge >= 0.3 is 6.09 Å². The summed E-state index contributed by atoms with van der Waals surface area (Å²) in [5.74, 6) is 0. The molecule has 0 aromatic heterocycles. The van der Waals surface area contributed by atoms with Crippen LogP contribution in [0.3, 0.4) is 0 Å². The largest absolute Gasteiger partial charge is 0.445 e. The van der Waals surface area contributed by atoms with Crippen LogP contribution in [0.2, 0.25) is 0 Å². The fourth-order valence-corrected chi connectivity index (χ4v) is 2.00. The number of nitrogens with zero attached hydrogens (tertiary/aromatic N) is 1. The van der Waals surface area contributed by atoms with E-state index < -0.39 is 18.3 Å². The lowest BCUT2D eigenvalue weighted by Gasteiger charge is -2.27. The first kappa shape index (κ1) is 14.6. The minimum Gasteiger partial charge on any atom is -0.445 e. The van der Waals surface area contributed by atoms with Gasteiger partial charge in [-0.05, 0) is 12.0 Å². The van der Waals surface area contributed by atoms with Crippen LogP contribution in [-0.2, 0) is 11.3 Å². The average Bonchev–Trinajstić information content (AvgIpc) is 2.46. The van der Waals surface area contributed by atoms with Crippen LogP contribution in [0.15, 0.2) is 42.5 Å². The Balaban J connectivity index is 1.89. The fourth-order valence-electron chi connectivity index (χ4n) is 2.00. The molecule has 1 amide bonds. The molecule has 0 saturated heterocycles. The van der Waals surface area contributed by atoms with E-state index >= 15 is 0 Å². The van der Waals surface area contributed by atoms with Crippen LogP contribution >= 0.6 is 0 Å². The van der Waals surface area contributed by atoms with Crippen molar-refractivity contribution in [3.05, 3.63) is 48.0 Å². The highest BCUT2D eigenvalue weighted by Crippen LogP contribution is 2.09. The van der Waals surface area contributed by atoms with Crippen molar-refractivity contribution in [2.75, 3.05) is 13.1 Å². The second-order valence-corrected chi connectivity index (χ2v) is 4.76. The molecular weight excluding hydrogens is 258 g/mol. The van der Waals surface area contributed by atoms with E-state index in [4.69, 9.17) is 4.74 Å². The van der Waals surface area contributed by atoms with E-state index in [1.165, 1.54) is 4.90 Å². The smallest absolute Gasteiger partial charge is 0.410 e. The van der Waals surface area contributed by atoms with Crippen molar-refractivity contribution in [1.82, 2.24) is 4.90 Å². The van der Waals surface area contributed by atoms with Gasteiger partial charge in [-0.2, -0.15) is 0 Å². The lowest BCUT2D eigenvalue weighted by molar-refractivity contribution is 0.0151. The van der Waals surface area contributed by atoms with Crippen LogP contribution in [0.4, 0.5) is 4.79 Å². The van der Waals surface area contributed by atoms with Gasteiger partial charge in [-0.1, -0.05) is 42.5 Å². The molecule has 2 rings (SSSR count). The van der Waals surface area contributed by atoms with Gasteiger partial charge in [-0.3, -0.25) is 0 Å². The normalized spacial score (nSPS) is 24.6. The predicted octanol–water partition coefficient (Wildman–Crippen LogP) is 1.31. The second kappa shape index (κ2) is 7.07. The Morgan fingerprint density at radius 3 is 2.80 bits per heavy atom. The van der Waals surface area contributed by atoms with Crippen molar-refractivity contribution >= 4 is 6.09 Å². The molecule has 0 aliphatic carbocycles. The minimum absolute atomic E-state index is 0.0686. The number of aliphatic hydroxyl groups is 2. The predicted molar refractivity (Wildman–Crippen MR) is 74.0 cm³/mol. The van der Waals surface area contributed by atoms with E-state index in [9.17, 15) is 15.0 Å². The maximum absolute atomic E-state index is 12.0. The minimum atomic E-state index is -0.990. The number of β-amino-alcohol motifs (C(OH)–C–C–N with tert-alkyl or cyclic N) is 1. The Hall–Kier alpha value is -1.85. The van der Waals surface area contributed by atoms with Gasteiger partial charge in [-0.15, -0.1) is 0 Å². The molecular formula is C15H19NO4. The van der Waals surface area contributed by atoms with Gasteiger partial charge < -0.3 is 19.8 Å². The number of ether oxygens (including phenoxy) is 1. The Morgan fingerprint density at radius 1 is 1.30 bits per heavy atom. The van der Waals surface area contributed by atoms with Crippen molar-refractivity contribution in [1.29, 1.82) is 0 Å². The van der Waals surface area contributed by atoms with Crippen LogP contribution in [-0.4, -0.2) is 46.5 Å². The summed E-state index contributed by atoms with van der Waals surface area (Å²) in [6, 6.07) is 9.41. The summed E-state index contributed by atoms with van der Waals surface area (Å²) in [6.07, 6.45) is 1.53. The van der Waals surface area contributed by atoms with Crippen molar-refractivity contribution in [3.63, 3.8) is 0 Å². The lowest BCUT2D eigenvalue weighted by Crippen LogP contribution is -2.43. The third-order valence-corrected chi connectivity index (χ3v) is 3.16. The number of carbonyl (C=O) groups is 1. The molecule has 1 aliphatic rings. The van der Waals surface area contributed by atoms with Crippen LogP contribution in [0, 0.1) is 0 Å². The van der Waals surface area contributed by atoms with Crippen molar-refractivity contribution in [2.45, 2.75) is 25.2 Å². The third kappa shape index (κ3) is 4.08. The molecule has 5 heteroatoms. The summed E-state index contributed by atoms with van der Waals surface area (Å²) in [5, 5.41) is 19.3. The SMILES string of the molecule is O=C(OCc1ccccc1)N1CC/C=C\[C@H](O)[C@H](O)C1. The number of aliphatic hydroxyl groups excluding tert-OH is 2. The molecule has 0 spiro atoms. The van der Waals surface area contributed by atoms with Gasteiger partial charge in [-0.25, -0.2) is 4.79 Å². The van der Waals surface area contributed by atoms with E-state index in [0.29, 0.717) is 13.0 Å². The number of hydrogen-bond donors (Lipinski definition) is 2. The topological polar surface area (TPSA) is 70.0 Å². The molecule has 1 aromatic carbocycles. The molecule has 0 bridgehead atoms. The van der Waals surface area contributed by atoms with E-state index in [1.54, 1.807) is 12.2 Å². The highest BCUT2D eigenvalue weighted by Gasteiger charge is 2.23. The molecule has 0 saturated carbocycles. The number of amides is 1. The van der Waals surface area contributed by atoms with Gasteiger partial charge in [0.2, 0.25) is 0 Å². The first-order valence-electron chi connectivity index (χ1n) is 6.65. The van der Waals surface area contributed by atoms with Crippen LogP contribution in [0.1, 0.15) is 12.0 Å². The van der Waals surface area contributed by atoms with Gasteiger partial charge in [0.25, 0.3) is 0 Å². The highest BCUT2D eigenvalue weighted by atomic mass is 16.6. The van der Waals surface area contributed by atoms with E-state index in [2.05, 4.69) is 0 Å². The van der Waals surface area contributed by atoms with Crippen molar-refractivity contribution < 1.29 is 19.7 Å². The van der Waals surface area contributed by atoms with Gasteiger partial charge in [0, 0.05) is 6.54 Å². The van der Waals surface area contributed by atoms with Crippen molar-refractivity contribution in [3.8, 4) is 0 Å². The Kier molecular flexibility index (Phi) is 5.15. The Labute approximate surface area is 118 Å². The third-order valence-electron chi connectivity index (χ3n) is 3.16. The number of hydrogen-bond acceptors (Lipinski definition) is 4. The maximum Gasteiger partial charge on any atom is 0.410 e. The summed E-state index contributed by atoms with van der Waals surface area (Å²) in [5.41, 5.74) is 0.911. The number of carbonyl (C=O) groups excluding carboxylic acids is 1. The summed E-state index contributed by atoms with van der Waals surface area (Å²) in [7, 11) is 0. The zero-order valence-corrected chi connectivity index (χ0v) is 11.2. The summed E-state index contributed by atoms with van der Waals surface area (Å²) in [4.78, 5) is 13.4. The Morgan fingerprint density at radius 2 is 2.05 bits per heavy atom. The molecule has 0 fully saturated rings. The summed E-state index contributed by atoms with van der Waals surface area (Å²) in [6.45, 7) is 0.734. The first-order chi connectivity index (χ1) is 9.66. The molecule has 20 heavy (non-hydrogen) atoms. The number of rotatable bonds is 2. The first-order valence-corrected chi connectivity index (χ1v) is 6.65. The van der Waals surface area contributed by atoms with Gasteiger partial charge in [0.05, 0.1) is 12.6 Å². The van der Waals surface area contributed by atoms with Crippen LogP contribution in [0.5, 0.6) is 0 Å². The Bertz CT molecular complexity index is 460. The molecule has 0 radical (unpaired) electrons. The molecule has 2 N–H and O–H groups in total.